The lowest BCUT2D eigenvalue weighted by atomic mass is 10.1. The van der Waals surface area contributed by atoms with Crippen molar-refractivity contribution in [1.82, 2.24) is 14.5 Å². The minimum atomic E-state index is 0.516. The van der Waals surface area contributed by atoms with E-state index in [1.165, 1.54) is 38.0 Å². The molecule has 0 aliphatic carbocycles. The van der Waals surface area contributed by atoms with Crippen molar-refractivity contribution in [2.75, 3.05) is 13.1 Å². The first-order chi connectivity index (χ1) is 7.66. The second-order valence-electron chi connectivity index (χ2n) is 5.12. The van der Waals surface area contributed by atoms with Gasteiger partial charge in [-0.25, -0.2) is 4.98 Å². The maximum atomic E-state index is 4.65. The standard InChI is InChI=1S/C13H23N3/c1-11(2)16-10-13(14-12(16)3)9-15-7-5-4-6-8-15/h10-11H,4-9H2,1-3H3. The van der Waals surface area contributed by atoms with Gasteiger partial charge in [0.05, 0.1) is 5.69 Å². The van der Waals surface area contributed by atoms with E-state index >= 15 is 0 Å². The molecule has 0 atom stereocenters. The topological polar surface area (TPSA) is 21.1 Å². The van der Waals surface area contributed by atoms with E-state index in [9.17, 15) is 0 Å². The zero-order chi connectivity index (χ0) is 11.5. The molecule has 16 heavy (non-hydrogen) atoms. The minimum absolute atomic E-state index is 0.516. The van der Waals surface area contributed by atoms with Gasteiger partial charge in [0, 0.05) is 18.8 Å². The molecule has 0 radical (unpaired) electrons. The van der Waals surface area contributed by atoms with Gasteiger partial charge in [0.2, 0.25) is 0 Å². The fraction of sp³-hybridized carbons (Fsp3) is 0.769. The predicted octanol–water partition coefficient (Wildman–Crippen LogP) is 2.76. The molecule has 1 aliphatic heterocycles. The number of rotatable bonds is 3. The molecule has 3 heteroatoms. The molecule has 1 fully saturated rings. The summed E-state index contributed by atoms with van der Waals surface area (Å²) in [6.07, 6.45) is 6.32. The van der Waals surface area contributed by atoms with Crippen molar-refractivity contribution in [3.63, 3.8) is 0 Å². The van der Waals surface area contributed by atoms with Crippen molar-refractivity contribution >= 4 is 0 Å². The Morgan fingerprint density at radius 1 is 1.25 bits per heavy atom. The maximum absolute atomic E-state index is 4.65. The molecular formula is C13H23N3. The zero-order valence-corrected chi connectivity index (χ0v) is 10.7. The van der Waals surface area contributed by atoms with E-state index in [2.05, 4.69) is 41.4 Å². The predicted molar refractivity (Wildman–Crippen MR) is 66.5 cm³/mol. The first kappa shape index (κ1) is 11.6. The molecule has 3 nitrogen and oxygen atoms in total. The Morgan fingerprint density at radius 2 is 1.94 bits per heavy atom. The summed E-state index contributed by atoms with van der Waals surface area (Å²) in [7, 11) is 0. The molecule has 1 saturated heterocycles. The summed E-state index contributed by atoms with van der Waals surface area (Å²) in [5.41, 5.74) is 1.23. The molecule has 90 valence electrons. The first-order valence-electron chi connectivity index (χ1n) is 6.43. The van der Waals surface area contributed by atoms with Crippen LogP contribution in [0.2, 0.25) is 0 Å². The second kappa shape index (κ2) is 5.00. The monoisotopic (exact) mass is 221 g/mol. The number of hydrogen-bond acceptors (Lipinski definition) is 2. The van der Waals surface area contributed by atoms with Gasteiger partial charge in [-0.2, -0.15) is 0 Å². The number of likely N-dealkylation sites (tertiary alicyclic amines) is 1. The number of imidazole rings is 1. The average molecular weight is 221 g/mol. The highest BCUT2D eigenvalue weighted by atomic mass is 15.2. The molecule has 1 aromatic heterocycles. The van der Waals surface area contributed by atoms with Crippen LogP contribution >= 0.6 is 0 Å². The third-order valence-corrected chi connectivity index (χ3v) is 3.36. The molecular weight excluding hydrogens is 198 g/mol. The van der Waals surface area contributed by atoms with E-state index in [0.717, 1.165) is 12.4 Å². The lowest BCUT2D eigenvalue weighted by Gasteiger charge is -2.25. The molecule has 0 bridgehead atoms. The van der Waals surface area contributed by atoms with Crippen LogP contribution in [-0.2, 0) is 6.54 Å². The van der Waals surface area contributed by atoms with Crippen LogP contribution in [0, 0.1) is 6.92 Å². The van der Waals surface area contributed by atoms with Crippen LogP contribution in [0.25, 0.3) is 0 Å². The van der Waals surface area contributed by atoms with Crippen LogP contribution < -0.4 is 0 Å². The summed E-state index contributed by atoms with van der Waals surface area (Å²) < 4.78 is 2.26. The van der Waals surface area contributed by atoms with Gasteiger partial charge in [-0.3, -0.25) is 4.90 Å². The van der Waals surface area contributed by atoms with E-state index in [-0.39, 0.29) is 0 Å². The molecule has 1 aliphatic rings. The molecule has 0 unspecified atom stereocenters. The number of aromatic nitrogens is 2. The van der Waals surface area contributed by atoms with Crippen molar-refractivity contribution < 1.29 is 0 Å². The van der Waals surface area contributed by atoms with Crippen molar-refractivity contribution in [3.05, 3.63) is 17.7 Å². The van der Waals surface area contributed by atoms with Gasteiger partial charge in [-0.15, -0.1) is 0 Å². The van der Waals surface area contributed by atoms with Gasteiger partial charge in [0.25, 0.3) is 0 Å². The number of hydrogen-bond donors (Lipinski definition) is 0. The minimum Gasteiger partial charge on any atom is -0.332 e. The van der Waals surface area contributed by atoms with Gasteiger partial charge in [-0.05, 0) is 46.7 Å². The largest absolute Gasteiger partial charge is 0.332 e. The van der Waals surface area contributed by atoms with Gasteiger partial charge in [0.1, 0.15) is 5.82 Å². The molecule has 0 amide bonds. The summed E-state index contributed by atoms with van der Waals surface area (Å²) in [5, 5.41) is 0. The van der Waals surface area contributed by atoms with Gasteiger partial charge in [-0.1, -0.05) is 6.42 Å². The lowest BCUT2D eigenvalue weighted by Crippen LogP contribution is -2.29. The summed E-state index contributed by atoms with van der Waals surface area (Å²) >= 11 is 0. The maximum Gasteiger partial charge on any atom is 0.106 e. The van der Waals surface area contributed by atoms with Crippen LogP contribution in [0.15, 0.2) is 6.20 Å². The van der Waals surface area contributed by atoms with Crippen LogP contribution in [0.5, 0.6) is 0 Å². The lowest BCUT2D eigenvalue weighted by molar-refractivity contribution is 0.218. The normalized spacial score (nSPS) is 18.2. The Bertz CT molecular complexity index is 335. The molecule has 2 heterocycles. The molecule has 0 aromatic carbocycles. The molecule has 0 saturated carbocycles. The highest BCUT2D eigenvalue weighted by Crippen LogP contribution is 2.15. The van der Waals surface area contributed by atoms with E-state index in [0.29, 0.717) is 6.04 Å². The third-order valence-electron chi connectivity index (χ3n) is 3.36. The fourth-order valence-electron chi connectivity index (χ4n) is 2.49. The van der Waals surface area contributed by atoms with Gasteiger partial charge >= 0.3 is 0 Å². The Kier molecular flexibility index (Phi) is 3.64. The van der Waals surface area contributed by atoms with Gasteiger partial charge < -0.3 is 4.57 Å². The molecule has 2 rings (SSSR count). The van der Waals surface area contributed by atoms with E-state index < -0.39 is 0 Å². The van der Waals surface area contributed by atoms with E-state index in [1.54, 1.807) is 0 Å². The highest BCUT2D eigenvalue weighted by molar-refractivity contribution is 5.04. The Hall–Kier alpha value is -0.830. The summed E-state index contributed by atoms with van der Waals surface area (Å²) in [5.74, 6) is 1.14. The van der Waals surface area contributed by atoms with Crippen LogP contribution in [0.4, 0.5) is 0 Å². The Balaban J connectivity index is 2.01. The Morgan fingerprint density at radius 3 is 2.50 bits per heavy atom. The van der Waals surface area contributed by atoms with Crippen LogP contribution in [0.3, 0.4) is 0 Å². The van der Waals surface area contributed by atoms with Crippen molar-refractivity contribution in [2.24, 2.45) is 0 Å². The van der Waals surface area contributed by atoms with E-state index in [4.69, 9.17) is 0 Å². The first-order valence-corrected chi connectivity index (χ1v) is 6.43. The SMILES string of the molecule is Cc1nc(CN2CCCCC2)cn1C(C)C. The quantitative estimate of drug-likeness (QED) is 0.782. The fourth-order valence-corrected chi connectivity index (χ4v) is 2.49. The van der Waals surface area contributed by atoms with Crippen molar-refractivity contribution in [2.45, 2.75) is 52.6 Å². The number of nitrogens with zero attached hydrogens (tertiary/aromatic N) is 3. The third kappa shape index (κ3) is 2.64. The van der Waals surface area contributed by atoms with Crippen molar-refractivity contribution in [3.8, 4) is 0 Å². The smallest absolute Gasteiger partial charge is 0.106 e. The van der Waals surface area contributed by atoms with Crippen LogP contribution in [-0.4, -0.2) is 27.5 Å². The average Bonchev–Trinajstić information content (AvgIpc) is 2.61. The highest BCUT2D eigenvalue weighted by Gasteiger charge is 2.13. The number of piperidine rings is 1. The molecule has 0 N–H and O–H groups in total. The zero-order valence-electron chi connectivity index (χ0n) is 10.7. The van der Waals surface area contributed by atoms with E-state index in [1.807, 2.05) is 0 Å². The Labute approximate surface area is 98.5 Å². The molecule has 0 spiro atoms. The summed E-state index contributed by atoms with van der Waals surface area (Å²) in [4.78, 5) is 7.17. The molecule has 1 aromatic rings. The summed E-state index contributed by atoms with van der Waals surface area (Å²) in [6.45, 7) is 10.0. The van der Waals surface area contributed by atoms with Gasteiger partial charge in [0.15, 0.2) is 0 Å². The number of aryl methyl sites for hydroxylation is 1. The van der Waals surface area contributed by atoms with Crippen LogP contribution in [0.1, 0.15) is 50.7 Å². The van der Waals surface area contributed by atoms with Crippen molar-refractivity contribution in [1.29, 1.82) is 0 Å². The second-order valence-corrected chi connectivity index (χ2v) is 5.12. The summed E-state index contributed by atoms with van der Waals surface area (Å²) in [6, 6.07) is 0.516.